The number of H-pyrrole nitrogens is 1. The van der Waals surface area contributed by atoms with Crippen LogP contribution in [0.1, 0.15) is 16.7 Å². The summed E-state index contributed by atoms with van der Waals surface area (Å²) >= 11 is 0. The molecular formula is C19H22N2. The van der Waals surface area contributed by atoms with Crippen molar-refractivity contribution < 1.29 is 0 Å². The van der Waals surface area contributed by atoms with E-state index in [0.717, 1.165) is 6.54 Å². The number of fused-ring (bicyclic) bond motifs is 1. The van der Waals surface area contributed by atoms with Gasteiger partial charge in [0.1, 0.15) is 0 Å². The number of aromatic nitrogens is 1. The predicted molar refractivity (Wildman–Crippen MR) is 90.6 cm³/mol. The largest absolute Gasteiger partial charge is 0.354 e. The molecule has 0 aliphatic heterocycles. The molecule has 3 aromatic rings. The van der Waals surface area contributed by atoms with Crippen molar-refractivity contribution in [2.75, 3.05) is 14.1 Å². The maximum absolute atomic E-state index is 3.61. The van der Waals surface area contributed by atoms with Crippen LogP contribution in [-0.2, 0) is 6.54 Å². The van der Waals surface area contributed by atoms with Crippen LogP contribution in [0.25, 0.3) is 22.2 Å². The lowest BCUT2D eigenvalue weighted by Crippen LogP contribution is -2.11. The highest BCUT2D eigenvalue weighted by Gasteiger charge is 2.14. The fourth-order valence-corrected chi connectivity index (χ4v) is 3.05. The molecule has 0 aliphatic rings. The molecule has 1 heterocycles. The molecule has 0 saturated heterocycles. The molecule has 0 atom stereocenters. The number of nitrogens with one attached hydrogen (secondary N) is 1. The number of nitrogens with zero attached hydrogens (tertiary/aromatic N) is 1. The van der Waals surface area contributed by atoms with E-state index < -0.39 is 0 Å². The Morgan fingerprint density at radius 1 is 0.952 bits per heavy atom. The highest BCUT2D eigenvalue weighted by Crippen LogP contribution is 2.32. The highest BCUT2D eigenvalue weighted by atomic mass is 15.1. The van der Waals surface area contributed by atoms with E-state index in [4.69, 9.17) is 0 Å². The van der Waals surface area contributed by atoms with Crippen molar-refractivity contribution in [1.29, 1.82) is 0 Å². The Morgan fingerprint density at radius 2 is 1.62 bits per heavy atom. The molecular weight excluding hydrogens is 256 g/mol. The molecule has 0 radical (unpaired) electrons. The van der Waals surface area contributed by atoms with Crippen LogP contribution in [0.4, 0.5) is 0 Å². The summed E-state index contributed by atoms with van der Waals surface area (Å²) in [5.74, 6) is 0. The first-order chi connectivity index (χ1) is 10.0. The van der Waals surface area contributed by atoms with Gasteiger partial charge in [0.25, 0.3) is 0 Å². The van der Waals surface area contributed by atoms with Crippen LogP contribution in [0.2, 0.25) is 0 Å². The van der Waals surface area contributed by atoms with E-state index in [0.29, 0.717) is 0 Å². The lowest BCUT2D eigenvalue weighted by Gasteiger charge is -2.12. The summed E-state index contributed by atoms with van der Waals surface area (Å²) in [7, 11) is 4.24. The van der Waals surface area contributed by atoms with Crippen molar-refractivity contribution in [3.05, 3.63) is 59.2 Å². The smallest absolute Gasteiger partial charge is 0.0510 e. The van der Waals surface area contributed by atoms with Gasteiger partial charge in [-0.25, -0.2) is 0 Å². The van der Waals surface area contributed by atoms with Gasteiger partial charge in [-0.1, -0.05) is 35.4 Å². The molecule has 2 heteroatoms. The summed E-state index contributed by atoms with van der Waals surface area (Å²) < 4.78 is 0. The van der Waals surface area contributed by atoms with Gasteiger partial charge in [0.2, 0.25) is 0 Å². The first-order valence-corrected chi connectivity index (χ1v) is 7.37. The molecule has 0 unspecified atom stereocenters. The molecule has 0 spiro atoms. The van der Waals surface area contributed by atoms with Gasteiger partial charge in [-0.3, -0.25) is 0 Å². The minimum atomic E-state index is 0.937. The number of rotatable bonds is 3. The third kappa shape index (κ3) is 2.72. The van der Waals surface area contributed by atoms with Gasteiger partial charge in [-0.2, -0.15) is 0 Å². The van der Waals surface area contributed by atoms with Crippen LogP contribution >= 0.6 is 0 Å². The molecule has 21 heavy (non-hydrogen) atoms. The number of benzene rings is 2. The number of aromatic amines is 1. The van der Waals surface area contributed by atoms with Crippen molar-refractivity contribution in [2.45, 2.75) is 20.4 Å². The summed E-state index contributed by atoms with van der Waals surface area (Å²) in [5, 5.41) is 1.32. The Kier molecular flexibility index (Phi) is 3.56. The van der Waals surface area contributed by atoms with Crippen molar-refractivity contribution in [2.24, 2.45) is 0 Å². The van der Waals surface area contributed by atoms with Crippen LogP contribution in [0, 0.1) is 13.8 Å². The number of hydrogen-bond acceptors (Lipinski definition) is 1. The molecule has 1 aromatic heterocycles. The molecule has 2 nitrogen and oxygen atoms in total. The van der Waals surface area contributed by atoms with E-state index in [-0.39, 0.29) is 0 Å². The summed E-state index contributed by atoms with van der Waals surface area (Å²) in [6.07, 6.45) is 0. The van der Waals surface area contributed by atoms with E-state index in [2.05, 4.69) is 80.3 Å². The first kappa shape index (κ1) is 13.9. The molecule has 1 N–H and O–H groups in total. The van der Waals surface area contributed by atoms with Gasteiger partial charge in [0, 0.05) is 17.4 Å². The molecule has 0 fully saturated rings. The maximum atomic E-state index is 3.61. The van der Waals surface area contributed by atoms with Gasteiger partial charge in [0.15, 0.2) is 0 Å². The summed E-state index contributed by atoms with van der Waals surface area (Å²) in [4.78, 5) is 5.84. The van der Waals surface area contributed by atoms with Crippen LogP contribution in [0.15, 0.2) is 42.5 Å². The van der Waals surface area contributed by atoms with Gasteiger partial charge >= 0.3 is 0 Å². The highest BCUT2D eigenvalue weighted by molar-refractivity contribution is 5.90. The van der Waals surface area contributed by atoms with Crippen LogP contribution in [0.5, 0.6) is 0 Å². The van der Waals surface area contributed by atoms with E-state index in [1.807, 2.05) is 0 Å². The molecule has 0 saturated carbocycles. The van der Waals surface area contributed by atoms with E-state index in [9.17, 15) is 0 Å². The fraction of sp³-hybridized carbons (Fsp3) is 0.263. The van der Waals surface area contributed by atoms with Crippen molar-refractivity contribution >= 4 is 10.9 Å². The zero-order chi connectivity index (χ0) is 15.0. The summed E-state index contributed by atoms with van der Waals surface area (Å²) in [5.41, 5.74) is 7.72. The van der Waals surface area contributed by atoms with E-state index in [1.54, 1.807) is 0 Å². The first-order valence-electron chi connectivity index (χ1n) is 7.37. The molecule has 3 rings (SSSR count). The third-order valence-electron chi connectivity index (χ3n) is 3.80. The standard InChI is InChI=1S/C19H22N2/c1-13-9-14(2)11-15(10-13)19-17(12-21(3)4)16-7-5-6-8-18(16)20-19/h5-11,20H,12H2,1-4H3. The molecule has 2 aromatic carbocycles. The zero-order valence-electron chi connectivity index (χ0n) is 13.2. The average molecular weight is 278 g/mol. The Bertz CT molecular complexity index is 761. The SMILES string of the molecule is Cc1cc(C)cc(-c2[nH]c3ccccc3c2CN(C)C)c1. The molecule has 0 amide bonds. The molecule has 108 valence electrons. The maximum Gasteiger partial charge on any atom is 0.0510 e. The average Bonchev–Trinajstić information content (AvgIpc) is 2.76. The number of para-hydroxylation sites is 1. The second kappa shape index (κ2) is 5.38. The third-order valence-corrected chi connectivity index (χ3v) is 3.80. The second-order valence-electron chi connectivity index (χ2n) is 6.14. The van der Waals surface area contributed by atoms with Gasteiger partial charge in [-0.15, -0.1) is 0 Å². The second-order valence-corrected chi connectivity index (χ2v) is 6.14. The summed E-state index contributed by atoms with van der Waals surface area (Å²) in [6.45, 7) is 5.25. The Labute approximate surface area is 126 Å². The van der Waals surface area contributed by atoms with Crippen LogP contribution in [-0.4, -0.2) is 24.0 Å². The van der Waals surface area contributed by atoms with Gasteiger partial charge < -0.3 is 9.88 Å². The van der Waals surface area contributed by atoms with E-state index >= 15 is 0 Å². The monoisotopic (exact) mass is 278 g/mol. The molecule has 0 bridgehead atoms. The topological polar surface area (TPSA) is 19.0 Å². The number of hydrogen-bond donors (Lipinski definition) is 1. The van der Waals surface area contributed by atoms with Gasteiger partial charge in [-0.05, 0) is 57.3 Å². The fourth-order valence-electron chi connectivity index (χ4n) is 3.05. The van der Waals surface area contributed by atoms with Crippen molar-refractivity contribution in [1.82, 2.24) is 9.88 Å². The Morgan fingerprint density at radius 3 is 2.29 bits per heavy atom. The predicted octanol–water partition coefficient (Wildman–Crippen LogP) is 4.51. The Hall–Kier alpha value is -2.06. The quantitative estimate of drug-likeness (QED) is 0.746. The van der Waals surface area contributed by atoms with Crippen LogP contribution in [0.3, 0.4) is 0 Å². The summed E-state index contributed by atoms with van der Waals surface area (Å²) in [6, 6.07) is 15.3. The van der Waals surface area contributed by atoms with Crippen LogP contribution < -0.4 is 0 Å². The Balaban J connectivity index is 2.25. The van der Waals surface area contributed by atoms with E-state index in [1.165, 1.54) is 38.9 Å². The zero-order valence-corrected chi connectivity index (χ0v) is 13.2. The number of aryl methyl sites for hydroxylation is 2. The minimum Gasteiger partial charge on any atom is -0.354 e. The van der Waals surface area contributed by atoms with Gasteiger partial charge in [0.05, 0.1) is 5.69 Å². The lowest BCUT2D eigenvalue weighted by atomic mass is 10.0. The lowest BCUT2D eigenvalue weighted by molar-refractivity contribution is 0.404. The minimum absolute atomic E-state index is 0.937. The molecule has 0 aliphatic carbocycles. The van der Waals surface area contributed by atoms with Crippen molar-refractivity contribution in [3.8, 4) is 11.3 Å². The normalized spacial score (nSPS) is 11.5. The van der Waals surface area contributed by atoms with Crippen molar-refractivity contribution in [3.63, 3.8) is 0 Å².